The maximum Gasteiger partial charge on any atom is 0.274 e. The Labute approximate surface area is 138 Å². The standard InChI is InChI=1S/C17H17N5O2/c18-15-14-13(10-4-6-12(7-5-10)17(23)21-24)20-16(11-2-1-3-11)22(14)9-8-19-15/h4-9,11,24H,1-3H2,(H2,18,19)(H,21,23). The predicted octanol–water partition coefficient (Wildman–Crippen LogP) is 2.37. The number of nitrogen functional groups attached to an aromatic ring is 1. The van der Waals surface area contributed by atoms with Crippen molar-refractivity contribution in [1.29, 1.82) is 0 Å². The number of benzene rings is 1. The average molecular weight is 323 g/mol. The van der Waals surface area contributed by atoms with Crippen LogP contribution in [0.5, 0.6) is 0 Å². The van der Waals surface area contributed by atoms with Gasteiger partial charge < -0.3 is 5.73 Å². The number of rotatable bonds is 3. The zero-order chi connectivity index (χ0) is 16.7. The van der Waals surface area contributed by atoms with Crippen LogP contribution in [0.1, 0.15) is 41.4 Å². The molecule has 7 heteroatoms. The van der Waals surface area contributed by atoms with Gasteiger partial charge >= 0.3 is 0 Å². The highest BCUT2D eigenvalue weighted by Gasteiger charge is 2.26. The number of nitrogens with one attached hydrogen (secondary N) is 1. The number of hydroxylamine groups is 1. The molecule has 1 fully saturated rings. The topological polar surface area (TPSA) is 106 Å². The van der Waals surface area contributed by atoms with Gasteiger partial charge in [0.25, 0.3) is 5.91 Å². The first kappa shape index (κ1) is 14.6. The Morgan fingerprint density at radius 2 is 2.04 bits per heavy atom. The van der Waals surface area contributed by atoms with Crippen molar-refractivity contribution in [2.75, 3.05) is 5.73 Å². The summed E-state index contributed by atoms with van der Waals surface area (Å²) in [4.78, 5) is 20.5. The van der Waals surface area contributed by atoms with Crippen LogP contribution in [-0.2, 0) is 0 Å². The van der Waals surface area contributed by atoms with Crippen LogP contribution >= 0.6 is 0 Å². The molecule has 7 nitrogen and oxygen atoms in total. The number of fused-ring (bicyclic) bond motifs is 1. The minimum Gasteiger partial charge on any atom is -0.382 e. The smallest absolute Gasteiger partial charge is 0.274 e. The van der Waals surface area contributed by atoms with E-state index in [0.717, 1.165) is 35.4 Å². The molecule has 0 unspecified atom stereocenters. The van der Waals surface area contributed by atoms with Gasteiger partial charge in [-0.15, -0.1) is 0 Å². The van der Waals surface area contributed by atoms with E-state index >= 15 is 0 Å². The number of nitrogens with two attached hydrogens (primary N) is 1. The second-order valence-corrected chi connectivity index (χ2v) is 6.00. The first-order chi connectivity index (χ1) is 11.7. The Hall–Kier alpha value is -2.93. The summed E-state index contributed by atoms with van der Waals surface area (Å²) in [6.07, 6.45) is 7.07. The van der Waals surface area contributed by atoms with E-state index in [1.54, 1.807) is 35.9 Å². The van der Waals surface area contributed by atoms with Gasteiger partial charge in [-0.25, -0.2) is 15.4 Å². The number of carbonyl (C=O) groups excluding carboxylic acids is 1. The molecule has 0 spiro atoms. The highest BCUT2D eigenvalue weighted by Crippen LogP contribution is 2.39. The summed E-state index contributed by atoms with van der Waals surface area (Å²) in [6, 6.07) is 6.87. The van der Waals surface area contributed by atoms with Crippen molar-refractivity contribution in [2.45, 2.75) is 25.2 Å². The molecule has 2 heterocycles. The molecule has 3 aromatic rings. The Bertz CT molecular complexity index is 913. The normalized spacial score (nSPS) is 14.5. The molecule has 0 aliphatic heterocycles. The summed E-state index contributed by atoms with van der Waals surface area (Å²) in [6.45, 7) is 0. The van der Waals surface area contributed by atoms with Crippen molar-refractivity contribution >= 4 is 17.2 Å². The minimum absolute atomic E-state index is 0.370. The van der Waals surface area contributed by atoms with Gasteiger partial charge in [-0.3, -0.25) is 14.4 Å². The third-order valence-corrected chi connectivity index (χ3v) is 4.60. The summed E-state index contributed by atoms with van der Waals surface area (Å²) in [5, 5.41) is 8.71. The SMILES string of the molecule is Nc1nccn2c(C3CCC3)nc(-c3ccc(C(=O)NO)cc3)c12. The van der Waals surface area contributed by atoms with Gasteiger partial charge in [0.05, 0.1) is 0 Å². The molecule has 1 saturated carbocycles. The molecule has 0 atom stereocenters. The Balaban J connectivity index is 1.85. The van der Waals surface area contributed by atoms with Gasteiger partial charge in [0.1, 0.15) is 22.9 Å². The van der Waals surface area contributed by atoms with Crippen molar-refractivity contribution in [3.05, 3.63) is 48.0 Å². The molecular weight excluding hydrogens is 306 g/mol. The molecule has 1 aliphatic carbocycles. The van der Waals surface area contributed by atoms with E-state index in [1.807, 2.05) is 10.6 Å². The number of hydrogen-bond acceptors (Lipinski definition) is 5. The third kappa shape index (κ3) is 2.21. The molecule has 24 heavy (non-hydrogen) atoms. The van der Waals surface area contributed by atoms with Crippen molar-refractivity contribution in [3.63, 3.8) is 0 Å². The molecule has 4 N–H and O–H groups in total. The zero-order valence-corrected chi connectivity index (χ0v) is 12.9. The quantitative estimate of drug-likeness (QED) is 0.507. The lowest BCUT2D eigenvalue weighted by Gasteiger charge is -2.23. The van der Waals surface area contributed by atoms with E-state index in [1.165, 1.54) is 6.42 Å². The fourth-order valence-corrected chi connectivity index (χ4v) is 3.09. The number of imidazole rings is 1. The molecule has 0 saturated heterocycles. The first-order valence-electron chi connectivity index (χ1n) is 7.86. The Kier molecular flexibility index (Phi) is 3.42. The lowest BCUT2D eigenvalue weighted by Crippen LogP contribution is -2.18. The van der Waals surface area contributed by atoms with Crippen LogP contribution in [0.15, 0.2) is 36.7 Å². The molecule has 1 aromatic carbocycles. The maximum atomic E-state index is 11.5. The number of carbonyl (C=O) groups is 1. The van der Waals surface area contributed by atoms with E-state index in [2.05, 4.69) is 4.98 Å². The first-order valence-corrected chi connectivity index (χ1v) is 7.86. The van der Waals surface area contributed by atoms with E-state index in [9.17, 15) is 4.79 Å². The summed E-state index contributed by atoms with van der Waals surface area (Å²) in [5.41, 5.74) is 10.5. The Morgan fingerprint density at radius 3 is 2.67 bits per heavy atom. The zero-order valence-electron chi connectivity index (χ0n) is 12.9. The van der Waals surface area contributed by atoms with Crippen molar-refractivity contribution in [1.82, 2.24) is 19.8 Å². The summed E-state index contributed by atoms with van der Waals surface area (Å²) < 4.78 is 2.02. The largest absolute Gasteiger partial charge is 0.382 e. The van der Waals surface area contributed by atoms with Crippen LogP contribution < -0.4 is 11.2 Å². The van der Waals surface area contributed by atoms with Crippen LogP contribution in [-0.4, -0.2) is 25.5 Å². The fraction of sp³-hybridized carbons (Fsp3) is 0.235. The number of anilines is 1. The van der Waals surface area contributed by atoms with Crippen LogP contribution in [0.4, 0.5) is 5.82 Å². The lowest BCUT2D eigenvalue weighted by molar-refractivity contribution is 0.0706. The molecule has 2 aromatic heterocycles. The highest BCUT2D eigenvalue weighted by atomic mass is 16.5. The van der Waals surface area contributed by atoms with Crippen molar-refractivity contribution in [3.8, 4) is 11.3 Å². The average Bonchev–Trinajstić information content (AvgIpc) is 2.93. The van der Waals surface area contributed by atoms with Crippen LogP contribution in [0.3, 0.4) is 0 Å². The molecule has 122 valence electrons. The van der Waals surface area contributed by atoms with Crippen LogP contribution in [0, 0.1) is 0 Å². The molecule has 4 rings (SSSR count). The van der Waals surface area contributed by atoms with Gasteiger partial charge in [0, 0.05) is 29.4 Å². The monoisotopic (exact) mass is 323 g/mol. The van der Waals surface area contributed by atoms with Crippen molar-refractivity contribution in [2.24, 2.45) is 0 Å². The van der Waals surface area contributed by atoms with E-state index in [-0.39, 0.29) is 0 Å². The van der Waals surface area contributed by atoms with Gasteiger partial charge in [0.2, 0.25) is 0 Å². The molecular formula is C17H17N5O2. The van der Waals surface area contributed by atoms with E-state index < -0.39 is 5.91 Å². The number of aromatic nitrogens is 3. The van der Waals surface area contributed by atoms with Crippen LogP contribution in [0.25, 0.3) is 16.8 Å². The van der Waals surface area contributed by atoms with Gasteiger partial charge in [0.15, 0.2) is 0 Å². The molecule has 1 amide bonds. The van der Waals surface area contributed by atoms with Crippen molar-refractivity contribution < 1.29 is 10.0 Å². The second-order valence-electron chi connectivity index (χ2n) is 6.00. The second kappa shape index (κ2) is 5.61. The van der Waals surface area contributed by atoms with E-state index in [0.29, 0.717) is 17.3 Å². The van der Waals surface area contributed by atoms with Gasteiger partial charge in [-0.05, 0) is 25.0 Å². The molecule has 0 radical (unpaired) electrons. The highest BCUT2D eigenvalue weighted by molar-refractivity contribution is 5.94. The number of amides is 1. The third-order valence-electron chi connectivity index (χ3n) is 4.60. The predicted molar refractivity (Wildman–Crippen MR) is 88.7 cm³/mol. The fourth-order valence-electron chi connectivity index (χ4n) is 3.09. The minimum atomic E-state index is -0.549. The van der Waals surface area contributed by atoms with Crippen LogP contribution in [0.2, 0.25) is 0 Å². The maximum absolute atomic E-state index is 11.5. The van der Waals surface area contributed by atoms with E-state index in [4.69, 9.17) is 15.9 Å². The van der Waals surface area contributed by atoms with Gasteiger partial charge in [-0.1, -0.05) is 18.6 Å². The molecule has 1 aliphatic rings. The summed E-state index contributed by atoms with van der Waals surface area (Å²) >= 11 is 0. The summed E-state index contributed by atoms with van der Waals surface area (Å²) in [7, 11) is 0. The number of hydrogen-bond donors (Lipinski definition) is 3. The summed E-state index contributed by atoms with van der Waals surface area (Å²) in [5.74, 6) is 1.35. The lowest BCUT2D eigenvalue weighted by atomic mass is 9.85. The Morgan fingerprint density at radius 1 is 1.29 bits per heavy atom. The van der Waals surface area contributed by atoms with Gasteiger partial charge in [-0.2, -0.15) is 0 Å². The molecule has 0 bridgehead atoms. The number of nitrogens with zero attached hydrogens (tertiary/aromatic N) is 3.